The molecule has 0 saturated heterocycles. The Kier molecular flexibility index (Phi) is 4.61. The first-order valence-corrected chi connectivity index (χ1v) is 6.93. The van der Waals surface area contributed by atoms with E-state index >= 15 is 0 Å². The summed E-state index contributed by atoms with van der Waals surface area (Å²) in [4.78, 5) is 0. The van der Waals surface area contributed by atoms with E-state index in [9.17, 15) is 0 Å². The molecule has 1 aromatic carbocycles. The number of nitrogens with zero attached hydrogens (tertiary/aromatic N) is 2. The van der Waals surface area contributed by atoms with Gasteiger partial charge in [-0.3, -0.25) is 4.68 Å². The molecule has 4 heteroatoms. The lowest BCUT2D eigenvalue weighted by molar-refractivity contribution is 0.588. The topological polar surface area (TPSA) is 29.9 Å². The van der Waals surface area contributed by atoms with Crippen LogP contribution in [0.5, 0.6) is 0 Å². The molecule has 1 N–H and O–H groups in total. The predicted molar refractivity (Wildman–Crippen MR) is 79.5 cm³/mol. The Balaban J connectivity index is 1.98. The molecule has 0 amide bonds. The maximum atomic E-state index is 6.00. The van der Waals surface area contributed by atoms with Crippen molar-refractivity contribution < 1.29 is 0 Å². The van der Waals surface area contributed by atoms with Crippen LogP contribution in [0, 0.1) is 6.92 Å². The van der Waals surface area contributed by atoms with Crippen molar-refractivity contribution in [2.75, 3.05) is 0 Å². The minimum Gasteiger partial charge on any atom is -0.310 e. The average Bonchev–Trinajstić information content (AvgIpc) is 2.67. The van der Waals surface area contributed by atoms with E-state index in [1.807, 2.05) is 17.8 Å². The highest BCUT2D eigenvalue weighted by Crippen LogP contribution is 2.13. The molecular weight excluding hydrogens is 258 g/mol. The maximum Gasteiger partial charge on any atom is 0.0815 e. The van der Waals surface area contributed by atoms with E-state index in [0.29, 0.717) is 6.04 Å². The maximum absolute atomic E-state index is 6.00. The van der Waals surface area contributed by atoms with Crippen LogP contribution in [-0.2, 0) is 13.1 Å². The Bertz CT molecular complexity index is 509. The molecule has 0 atom stereocenters. The van der Waals surface area contributed by atoms with Crippen LogP contribution >= 0.6 is 11.6 Å². The minimum atomic E-state index is 0.508. The van der Waals surface area contributed by atoms with Crippen LogP contribution in [0.15, 0.2) is 30.5 Å². The van der Waals surface area contributed by atoms with Crippen molar-refractivity contribution in [1.29, 1.82) is 0 Å². The highest BCUT2D eigenvalue weighted by molar-refractivity contribution is 6.31. The fourth-order valence-electron chi connectivity index (χ4n) is 1.85. The largest absolute Gasteiger partial charge is 0.310 e. The van der Waals surface area contributed by atoms with Gasteiger partial charge in [-0.25, -0.2) is 0 Å². The number of benzene rings is 1. The van der Waals surface area contributed by atoms with Gasteiger partial charge in [0.15, 0.2) is 0 Å². The van der Waals surface area contributed by atoms with Crippen molar-refractivity contribution >= 4 is 11.6 Å². The van der Waals surface area contributed by atoms with Gasteiger partial charge in [0.05, 0.1) is 17.3 Å². The summed E-state index contributed by atoms with van der Waals surface area (Å²) < 4.78 is 1.87. The molecule has 102 valence electrons. The molecule has 0 bridgehead atoms. The summed E-state index contributed by atoms with van der Waals surface area (Å²) in [6.07, 6.45) is 1.87. The van der Waals surface area contributed by atoms with Gasteiger partial charge in [0.1, 0.15) is 0 Å². The number of aryl methyl sites for hydroxylation is 1. The Morgan fingerprint density at radius 3 is 2.37 bits per heavy atom. The van der Waals surface area contributed by atoms with Gasteiger partial charge in [-0.15, -0.1) is 0 Å². The average molecular weight is 278 g/mol. The molecule has 0 radical (unpaired) electrons. The lowest BCUT2D eigenvalue weighted by atomic mass is 10.1. The van der Waals surface area contributed by atoms with Crippen LogP contribution in [0.25, 0.3) is 0 Å². The second-order valence-corrected chi connectivity index (χ2v) is 5.52. The second-order valence-electron chi connectivity index (χ2n) is 5.11. The van der Waals surface area contributed by atoms with Crippen molar-refractivity contribution in [3.8, 4) is 0 Å². The summed E-state index contributed by atoms with van der Waals surface area (Å²) in [6, 6.07) is 9.10. The standard InChI is InChI=1S/C15H20ClN3/c1-11(2)17-8-13-4-6-14(7-5-13)9-19-10-15(16)12(3)18-19/h4-7,10-11,17H,8-9H2,1-3H3. The van der Waals surface area contributed by atoms with Crippen molar-refractivity contribution in [2.45, 2.75) is 39.9 Å². The fraction of sp³-hybridized carbons (Fsp3) is 0.400. The van der Waals surface area contributed by atoms with Crippen molar-refractivity contribution in [3.05, 3.63) is 52.3 Å². The highest BCUT2D eigenvalue weighted by Gasteiger charge is 2.03. The third kappa shape index (κ3) is 4.08. The minimum absolute atomic E-state index is 0.508. The molecule has 2 rings (SSSR count). The van der Waals surface area contributed by atoms with Gasteiger partial charge in [-0.05, 0) is 18.1 Å². The summed E-state index contributed by atoms with van der Waals surface area (Å²) in [5.74, 6) is 0. The van der Waals surface area contributed by atoms with Gasteiger partial charge in [-0.2, -0.15) is 5.10 Å². The third-order valence-corrected chi connectivity index (χ3v) is 3.34. The van der Waals surface area contributed by atoms with E-state index in [1.165, 1.54) is 11.1 Å². The van der Waals surface area contributed by atoms with Crippen LogP contribution in [0.3, 0.4) is 0 Å². The van der Waals surface area contributed by atoms with E-state index in [-0.39, 0.29) is 0 Å². The molecule has 1 heterocycles. The summed E-state index contributed by atoms with van der Waals surface area (Å²) in [7, 11) is 0. The molecule has 0 fully saturated rings. The molecule has 0 saturated carbocycles. The van der Waals surface area contributed by atoms with Crippen LogP contribution in [0.4, 0.5) is 0 Å². The van der Waals surface area contributed by atoms with E-state index < -0.39 is 0 Å². The van der Waals surface area contributed by atoms with Crippen molar-refractivity contribution in [3.63, 3.8) is 0 Å². The van der Waals surface area contributed by atoms with Crippen molar-refractivity contribution in [1.82, 2.24) is 15.1 Å². The van der Waals surface area contributed by atoms with E-state index in [1.54, 1.807) is 0 Å². The zero-order chi connectivity index (χ0) is 13.8. The Labute approximate surface area is 119 Å². The summed E-state index contributed by atoms with van der Waals surface area (Å²) >= 11 is 6.00. The van der Waals surface area contributed by atoms with Crippen LogP contribution in [0.2, 0.25) is 5.02 Å². The first kappa shape index (κ1) is 14.1. The Morgan fingerprint density at radius 2 is 1.84 bits per heavy atom. The van der Waals surface area contributed by atoms with Gasteiger partial charge in [-0.1, -0.05) is 49.7 Å². The number of rotatable bonds is 5. The molecule has 2 aromatic rings. The van der Waals surface area contributed by atoms with E-state index in [2.05, 4.69) is 48.5 Å². The summed E-state index contributed by atoms with van der Waals surface area (Å²) in [6.45, 7) is 7.88. The van der Waals surface area contributed by atoms with E-state index in [4.69, 9.17) is 11.6 Å². The van der Waals surface area contributed by atoms with Gasteiger partial charge >= 0.3 is 0 Å². The third-order valence-electron chi connectivity index (χ3n) is 2.97. The Morgan fingerprint density at radius 1 is 1.21 bits per heavy atom. The molecule has 0 unspecified atom stereocenters. The first-order valence-electron chi connectivity index (χ1n) is 6.55. The molecule has 0 aliphatic carbocycles. The Hall–Kier alpha value is -1.32. The lowest BCUT2D eigenvalue weighted by Crippen LogP contribution is -2.21. The number of hydrogen-bond acceptors (Lipinski definition) is 2. The summed E-state index contributed by atoms with van der Waals surface area (Å²) in [5.41, 5.74) is 3.40. The normalized spacial score (nSPS) is 11.2. The second kappa shape index (κ2) is 6.22. The molecule has 3 nitrogen and oxygen atoms in total. The van der Waals surface area contributed by atoms with Gasteiger partial charge in [0.25, 0.3) is 0 Å². The summed E-state index contributed by atoms with van der Waals surface area (Å²) in [5, 5.41) is 8.49. The molecular formula is C15H20ClN3. The van der Waals surface area contributed by atoms with Crippen molar-refractivity contribution in [2.24, 2.45) is 0 Å². The molecule has 1 aromatic heterocycles. The van der Waals surface area contributed by atoms with Gasteiger partial charge in [0, 0.05) is 18.8 Å². The molecule has 19 heavy (non-hydrogen) atoms. The van der Waals surface area contributed by atoms with Crippen LogP contribution in [0.1, 0.15) is 30.7 Å². The number of halogens is 1. The lowest BCUT2D eigenvalue weighted by Gasteiger charge is -2.08. The molecule has 0 aliphatic heterocycles. The fourth-order valence-corrected chi connectivity index (χ4v) is 2.00. The predicted octanol–water partition coefficient (Wildman–Crippen LogP) is 3.39. The number of aromatic nitrogens is 2. The van der Waals surface area contributed by atoms with E-state index in [0.717, 1.165) is 23.8 Å². The monoisotopic (exact) mass is 277 g/mol. The smallest absolute Gasteiger partial charge is 0.0815 e. The zero-order valence-corrected chi connectivity index (χ0v) is 12.4. The number of nitrogens with one attached hydrogen (secondary N) is 1. The first-order chi connectivity index (χ1) is 9.04. The van der Waals surface area contributed by atoms with Gasteiger partial charge < -0.3 is 5.32 Å². The quantitative estimate of drug-likeness (QED) is 0.908. The molecule has 0 aliphatic rings. The highest BCUT2D eigenvalue weighted by atomic mass is 35.5. The van der Waals surface area contributed by atoms with Crippen LogP contribution < -0.4 is 5.32 Å². The number of hydrogen-bond donors (Lipinski definition) is 1. The zero-order valence-electron chi connectivity index (χ0n) is 11.7. The SMILES string of the molecule is Cc1nn(Cc2ccc(CNC(C)C)cc2)cc1Cl. The van der Waals surface area contributed by atoms with Gasteiger partial charge in [0.2, 0.25) is 0 Å². The van der Waals surface area contributed by atoms with Crippen LogP contribution in [-0.4, -0.2) is 15.8 Å². The molecule has 0 spiro atoms.